The Kier molecular flexibility index (Phi) is 4.80. The molecule has 1 unspecified atom stereocenters. The molecule has 3 aromatic rings. The minimum absolute atomic E-state index is 0.0511. The van der Waals surface area contributed by atoms with Crippen LogP contribution >= 0.6 is 11.6 Å². The average Bonchev–Trinajstić information content (AvgIpc) is 2.93. The first-order chi connectivity index (χ1) is 12.8. The molecule has 1 aromatic carbocycles. The van der Waals surface area contributed by atoms with Gasteiger partial charge in [-0.3, -0.25) is 0 Å². The van der Waals surface area contributed by atoms with Gasteiger partial charge in [-0.15, -0.1) is 0 Å². The highest BCUT2D eigenvalue weighted by atomic mass is 35.5. The largest absolute Gasteiger partial charge is 0.390 e. The number of likely N-dealkylation sites (tertiary alicyclic amines) is 1. The second-order valence-corrected chi connectivity index (χ2v) is 7.81. The topological polar surface area (TPSA) is 21.1 Å². The average molecular weight is 396 g/mol. The molecule has 3 nitrogen and oxygen atoms in total. The molecule has 0 saturated carbocycles. The second kappa shape index (κ2) is 6.99. The first-order valence-electron chi connectivity index (χ1n) is 9.17. The van der Waals surface area contributed by atoms with E-state index in [0.717, 1.165) is 40.3 Å². The summed E-state index contributed by atoms with van der Waals surface area (Å²) in [7, 11) is 0. The Balaban J connectivity index is 1.73. The van der Waals surface area contributed by atoms with Crippen LogP contribution in [-0.2, 0) is 0 Å². The van der Waals surface area contributed by atoms with Crippen LogP contribution in [0.25, 0.3) is 21.9 Å². The lowest BCUT2D eigenvalue weighted by Gasteiger charge is -2.34. The molecular weight excluding hydrogens is 375 g/mol. The van der Waals surface area contributed by atoms with E-state index in [9.17, 15) is 13.2 Å². The van der Waals surface area contributed by atoms with Gasteiger partial charge < -0.3 is 9.47 Å². The Bertz CT molecular complexity index is 921. The number of pyridine rings is 1. The molecule has 1 saturated heterocycles. The van der Waals surface area contributed by atoms with Gasteiger partial charge in [0.15, 0.2) is 0 Å². The van der Waals surface area contributed by atoms with Crippen LogP contribution < -0.4 is 0 Å². The van der Waals surface area contributed by atoms with Crippen molar-refractivity contribution in [2.45, 2.75) is 38.4 Å². The standard InChI is InChI=1S/C20H21ClF3N3/c1-13-4-5-18-16(9-13)17-10-14(21)11-25-19(17)27(18)15-3-2-7-26(12-15)8-6-20(22,23)24/h4-5,9-11,15H,2-3,6-8,12H2,1H3. The fourth-order valence-corrected chi connectivity index (χ4v) is 4.27. The zero-order valence-corrected chi connectivity index (χ0v) is 15.8. The van der Waals surface area contributed by atoms with E-state index in [-0.39, 0.29) is 12.6 Å². The predicted molar refractivity (Wildman–Crippen MR) is 102 cm³/mol. The molecule has 27 heavy (non-hydrogen) atoms. The summed E-state index contributed by atoms with van der Waals surface area (Å²) in [6, 6.07) is 8.28. The van der Waals surface area contributed by atoms with Crippen LogP contribution in [0.5, 0.6) is 0 Å². The molecular formula is C20H21ClF3N3. The third kappa shape index (κ3) is 3.78. The lowest BCUT2D eigenvalue weighted by molar-refractivity contribution is -0.138. The molecule has 144 valence electrons. The van der Waals surface area contributed by atoms with Crippen molar-refractivity contribution in [3.8, 4) is 0 Å². The molecule has 1 atom stereocenters. The van der Waals surface area contributed by atoms with Crippen LogP contribution in [0.2, 0.25) is 5.02 Å². The van der Waals surface area contributed by atoms with Crippen molar-refractivity contribution >= 4 is 33.5 Å². The normalized spacial score (nSPS) is 19.2. The summed E-state index contributed by atoms with van der Waals surface area (Å²) in [4.78, 5) is 6.49. The minimum Gasteiger partial charge on any atom is -0.321 e. The summed E-state index contributed by atoms with van der Waals surface area (Å²) < 4.78 is 40.1. The van der Waals surface area contributed by atoms with E-state index in [1.807, 2.05) is 17.9 Å². The number of fused-ring (bicyclic) bond motifs is 3. The van der Waals surface area contributed by atoms with Crippen LogP contribution in [0, 0.1) is 6.92 Å². The maximum Gasteiger partial charge on any atom is 0.390 e. The third-order valence-corrected chi connectivity index (χ3v) is 5.53. The van der Waals surface area contributed by atoms with Crippen molar-refractivity contribution in [1.29, 1.82) is 0 Å². The van der Waals surface area contributed by atoms with Gasteiger partial charge in [0, 0.05) is 36.1 Å². The van der Waals surface area contributed by atoms with E-state index in [1.165, 1.54) is 0 Å². The van der Waals surface area contributed by atoms with Crippen LogP contribution in [0.4, 0.5) is 13.2 Å². The van der Waals surface area contributed by atoms with Crippen molar-refractivity contribution in [1.82, 2.24) is 14.5 Å². The fourth-order valence-electron chi connectivity index (χ4n) is 4.11. The van der Waals surface area contributed by atoms with Gasteiger partial charge in [0.2, 0.25) is 0 Å². The smallest absolute Gasteiger partial charge is 0.321 e. The molecule has 7 heteroatoms. The molecule has 0 radical (unpaired) electrons. The highest BCUT2D eigenvalue weighted by Crippen LogP contribution is 2.35. The van der Waals surface area contributed by atoms with Gasteiger partial charge >= 0.3 is 6.18 Å². The Morgan fingerprint density at radius 3 is 2.81 bits per heavy atom. The van der Waals surface area contributed by atoms with Gasteiger partial charge in [-0.25, -0.2) is 4.98 Å². The van der Waals surface area contributed by atoms with E-state index in [2.05, 4.69) is 27.8 Å². The molecule has 0 amide bonds. The molecule has 2 aromatic heterocycles. The number of benzene rings is 1. The Hall–Kier alpha value is -1.79. The number of hydrogen-bond acceptors (Lipinski definition) is 2. The lowest BCUT2D eigenvalue weighted by atomic mass is 10.0. The fraction of sp³-hybridized carbons (Fsp3) is 0.450. The molecule has 3 heterocycles. The SMILES string of the molecule is Cc1ccc2c(c1)c1cc(Cl)cnc1n2C1CCCN(CCC(F)(F)F)C1. The third-order valence-electron chi connectivity index (χ3n) is 5.32. The Morgan fingerprint density at radius 1 is 1.22 bits per heavy atom. The quantitative estimate of drug-likeness (QED) is 0.563. The number of nitrogens with zero attached hydrogens (tertiary/aromatic N) is 3. The van der Waals surface area contributed by atoms with Crippen molar-refractivity contribution < 1.29 is 13.2 Å². The molecule has 0 bridgehead atoms. The zero-order chi connectivity index (χ0) is 19.2. The first-order valence-corrected chi connectivity index (χ1v) is 9.54. The van der Waals surface area contributed by atoms with Gasteiger partial charge in [0.05, 0.1) is 17.0 Å². The van der Waals surface area contributed by atoms with E-state index in [1.54, 1.807) is 6.20 Å². The lowest BCUT2D eigenvalue weighted by Crippen LogP contribution is -2.38. The zero-order valence-electron chi connectivity index (χ0n) is 15.1. The summed E-state index contributed by atoms with van der Waals surface area (Å²) in [6.07, 6.45) is -1.44. The summed E-state index contributed by atoms with van der Waals surface area (Å²) in [5.74, 6) is 0. The van der Waals surface area contributed by atoms with E-state index < -0.39 is 12.6 Å². The Morgan fingerprint density at radius 2 is 2.04 bits per heavy atom. The number of rotatable bonds is 3. The van der Waals surface area contributed by atoms with Gasteiger partial charge in [-0.2, -0.15) is 13.2 Å². The van der Waals surface area contributed by atoms with Crippen LogP contribution in [0.3, 0.4) is 0 Å². The molecule has 1 fully saturated rings. The van der Waals surface area contributed by atoms with Gasteiger partial charge in [-0.1, -0.05) is 23.2 Å². The number of piperidine rings is 1. The van der Waals surface area contributed by atoms with Crippen LogP contribution in [0.1, 0.15) is 30.9 Å². The molecule has 0 spiro atoms. The highest BCUT2D eigenvalue weighted by molar-refractivity contribution is 6.31. The molecule has 1 aliphatic rings. The summed E-state index contributed by atoms with van der Waals surface area (Å²) in [5, 5.41) is 2.67. The van der Waals surface area contributed by atoms with Crippen molar-refractivity contribution in [3.05, 3.63) is 41.0 Å². The number of aromatic nitrogens is 2. The molecule has 0 N–H and O–H groups in total. The monoisotopic (exact) mass is 395 g/mol. The van der Waals surface area contributed by atoms with E-state index >= 15 is 0 Å². The summed E-state index contributed by atoms with van der Waals surface area (Å²) in [6.45, 7) is 3.41. The van der Waals surface area contributed by atoms with Gasteiger partial charge in [-0.05, 0) is 44.5 Å². The van der Waals surface area contributed by atoms with Crippen molar-refractivity contribution in [3.63, 3.8) is 0 Å². The number of aryl methyl sites for hydroxylation is 1. The van der Waals surface area contributed by atoms with E-state index in [0.29, 0.717) is 18.1 Å². The number of halogens is 4. The maximum atomic E-state index is 12.6. The van der Waals surface area contributed by atoms with Crippen LogP contribution in [0.15, 0.2) is 30.5 Å². The second-order valence-electron chi connectivity index (χ2n) is 7.38. The highest BCUT2D eigenvalue weighted by Gasteiger charge is 2.30. The molecule has 0 aliphatic carbocycles. The van der Waals surface area contributed by atoms with Crippen molar-refractivity contribution in [2.75, 3.05) is 19.6 Å². The first kappa shape index (κ1) is 18.6. The van der Waals surface area contributed by atoms with Crippen molar-refractivity contribution in [2.24, 2.45) is 0 Å². The Labute approximate surface area is 160 Å². The van der Waals surface area contributed by atoms with Crippen LogP contribution in [-0.4, -0.2) is 40.3 Å². The molecule has 1 aliphatic heterocycles. The maximum absolute atomic E-state index is 12.6. The number of hydrogen-bond donors (Lipinski definition) is 0. The van der Waals surface area contributed by atoms with E-state index in [4.69, 9.17) is 11.6 Å². The summed E-state index contributed by atoms with van der Waals surface area (Å²) >= 11 is 6.17. The summed E-state index contributed by atoms with van der Waals surface area (Å²) in [5.41, 5.74) is 3.06. The minimum atomic E-state index is -4.12. The van der Waals surface area contributed by atoms with Gasteiger partial charge in [0.1, 0.15) is 5.65 Å². The van der Waals surface area contributed by atoms with Gasteiger partial charge in [0.25, 0.3) is 0 Å². The number of alkyl halides is 3. The predicted octanol–water partition coefficient (Wildman–Crippen LogP) is 5.74. The molecule has 4 rings (SSSR count).